The van der Waals surface area contributed by atoms with Crippen LogP contribution in [0.3, 0.4) is 0 Å². The van der Waals surface area contributed by atoms with Crippen LogP contribution in [-0.2, 0) is 34.9 Å². The molecule has 0 amide bonds. The van der Waals surface area contributed by atoms with E-state index in [-0.39, 0.29) is 28.6 Å². The lowest BCUT2D eigenvalue weighted by molar-refractivity contribution is 0.369. The maximum absolute atomic E-state index is 14.2. The zero-order valence-electron chi connectivity index (χ0n) is 24.7. The van der Waals surface area contributed by atoms with Crippen molar-refractivity contribution in [2.75, 3.05) is 17.2 Å². The van der Waals surface area contributed by atoms with Crippen molar-refractivity contribution >= 4 is 21.4 Å². The van der Waals surface area contributed by atoms with Crippen molar-refractivity contribution in [3.05, 3.63) is 119 Å². The second kappa shape index (κ2) is 11.9. The number of benzene rings is 3. The number of aromatic nitrogens is 1. The fourth-order valence-corrected chi connectivity index (χ4v) is 7.04. The summed E-state index contributed by atoms with van der Waals surface area (Å²) < 4.78 is 44.0. The molecule has 5 rings (SSSR count). The highest BCUT2D eigenvalue weighted by Gasteiger charge is 2.35. The van der Waals surface area contributed by atoms with Crippen molar-refractivity contribution in [1.82, 2.24) is 9.29 Å². The van der Waals surface area contributed by atoms with Crippen LogP contribution in [-0.4, -0.2) is 30.3 Å². The first kappa shape index (κ1) is 29.7. The molecule has 42 heavy (non-hydrogen) atoms. The van der Waals surface area contributed by atoms with E-state index < -0.39 is 15.8 Å². The quantitative estimate of drug-likeness (QED) is 0.263. The monoisotopic (exact) mass is 586 g/mol. The van der Waals surface area contributed by atoms with Gasteiger partial charge in [0.25, 0.3) is 0 Å². The van der Waals surface area contributed by atoms with Crippen LogP contribution >= 0.6 is 0 Å². The number of nitrogens with two attached hydrogens (primary N) is 1. The Labute approximate surface area is 249 Å². The van der Waals surface area contributed by atoms with Crippen molar-refractivity contribution in [2.24, 2.45) is 0 Å². The minimum Gasteiger partial charge on any atom is -0.396 e. The zero-order valence-corrected chi connectivity index (χ0v) is 25.5. The van der Waals surface area contributed by atoms with Gasteiger partial charge in [0.2, 0.25) is 10.0 Å². The molecule has 6 nitrogen and oxygen atoms in total. The Balaban J connectivity index is 1.57. The van der Waals surface area contributed by atoms with E-state index in [1.807, 2.05) is 55.5 Å². The van der Waals surface area contributed by atoms with E-state index in [0.29, 0.717) is 25.2 Å². The molecule has 3 aromatic carbocycles. The number of hydrogen-bond donors (Lipinski definition) is 1. The third kappa shape index (κ3) is 6.35. The molecule has 4 aromatic rings. The predicted octanol–water partition coefficient (Wildman–Crippen LogP) is 6.62. The van der Waals surface area contributed by atoms with Crippen molar-refractivity contribution in [3.8, 4) is 0 Å². The Bertz CT molecular complexity index is 1650. The number of anilines is 2. The van der Waals surface area contributed by atoms with Gasteiger partial charge in [-0.3, -0.25) is 4.98 Å². The number of nitrogen functional groups attached to an aromatic ring is 1. The molecule has 0 saturated heterocycles. The lowest BCUT2D eigenvalue weighted by Gasteiger charge is -2.34. The van der Waals surface area contributed by atoms with Gasteiger partial charge in [0.05, 0.1) is 29.0 Å². The van der Waals surface area contributed by atoms with Crippen molar-refractivity contribution in [2.45, 2.75) is 70.0 Å². The summed E-state index contributed by atoms with van der Waals surface area (Å²) in [6, 6.07) is 24.9. The summed E-state index contributed by atoms with van der Waals surface area (Å²) in [6.07, 6.45) is 2.63. The van der Waals surface area contributed by atoms with Gasteiger partial charge >= 0.3 is 0 Å². The summed E-state index contributed by atoms with van der Waals surface area (Å²) >= 11 is 0. The number of aryl methyl sites for hydroxylation is 2. The second-order valence-corrected chi connectivity index (χ2v) is 14.1. The molecule has 2 heterocycles. The van der Waals surface area contributed by atoms with Gasteiger partial charge < -0.3 is 10.6 Å². The molecule has 220 valence electrons. The average Bonchev–Trinajstić information content (AvgIpc) is 3.12. The molecule has 0 aliphatic carbocycles. The van der Waals surface area contributed by atoms with E-state index in [0.717, 1.165) is 35.0 Å². The van der Waals surface area contributed by atoms with Gasteiger partial charge in [0.15, 0.2) is 5.82 Å². The summed E-state index contributed by atoms with van der Waals surface area (Å²) in [7, 11) is -3.81. The zero-order chi connectivity index (χ0) is 30.1. The van der Waals surface area contributed by atoms with E-state index >= 15 is 0 Å². The number of fused-ring (bicyclic) bond motifs is 1. The average molecular weight is 587 g/mol. The highest BCUT2D eigenvalue weighted by atomic mass is 32.2. The van der Waals surface area contributed by atoms with Crippen LogP contribution in [0.2, 0.25) is 0 Å². The molecule has 1 aliphatic rings. The predicted molar refractivity (Wildman–Crippen MR) is 167 cm³/mol. The first-order chi connectivity index (χ1) is 19.9. The minimum absolute atomic E-state index is 0.0445. The van der Waals surface area contributed by atoms with Gasteiger partial charge in [-0.25, -0.2) is 12.8 Å². The van der Waals surface area contributed by atoms with Crippen molar-refractivity contribution in [3.63, 3.8) is 0 Å². The van der Waals surface area contributed by atoms with Gasteiger partial charge in [0.1, 0.15) is 0 Å². The first-order valence-corrected chi connectivity index (χ1v) is 15.8. The fourth-order valence-electron chi connectivity index (χ4n) is 5.59. The molecule has 0 spiro atoms. The second-order valence-electron chi connectivity index (χ2n) is 12.1. The topological polar surface area (TPSA) is 79.5 Å². The van der Waals surface area contributed by atoms with Crippen LogP contribution in [0.15, 0.2) is 90.0 Å². The molecule has 1 atom stereocenters. The normalized spacial score (nSPS) is 16.2. The van der Waals surface area contributed by atoms with E-state index in [2.05, 4.69) is 42.8 Å². The van der Waals surface area contributed by atoms with Crippen molar-refractivity contribution < 1.29 is 12.8 Å². The molecular formula is C34H39FN4O2S. The number of sulfonamides is 1. The molecular weight excluding hydrogens is 547 g/mol. The number of rotatable bonds is 7. The maximum atomic E-state index is 14.2. The Hall–Kier alpha value is -3.75. The van der Waals surface area contributed by atoms with Gasteiger partial charge in [-0.05, 0) is 71.7 Å². The largest absolute Gasteiger partial charge is 0.396 e. The third-order valence-corrected chi connectivity index (χ3v) is 9.95. The minimum atomic E-state index is -3.81. The van der Waals surface area contributed by atoms with Crippen LogP contribution in [0.1, 0.15) is 55.1 Å². The highest BCUT2D eigenvalue weighted by molar-refractivity contribution is 7.89. The van der Waals surface area contributed by atoms with Crippen LogP contribution in [0.25, 0.3) is 0 Å². The van der Waals surface area contributed by atoms with Crippen LogP contribution in [0.4, 0.5) is 15.8 Å². The fraction of sp³-hybridized carbons (Fsp3) is 0.324. The molecule has 1 aliphatic heterocycles. The van der Waals surface area contributed by atoms with Crippen LogP contribution in [0.5, 0.6) is 0 Å². The number of hydrogen-bond acceptors (Lipinski definition) is 5. The summed E-state index contributed by atoms with van der Waals surface area (Å²) in [6.45, 7) is 9.26. The molecule has 1 unspecified atom stereocenters. The maximum Gasteiger partial charge on any atom is 0.243 e. The molecule has 0 bridgehead atoms. The Morgan fingerprint density at radius 2 is 1.71 bits per heavy atom. The summed E-state index contributed by atoms with van der Waals surface area (Å²) in [5.74, 6) is -0.554. The molecule has 0 fully saturated rings. The van der Waals surface area contributed by atoms with Crippen LogP contribution < -0.4 is 10.6 Å². The first-order valence-electron chi connectivity index (χ1n) is 14.3. The SMILES string of the molecule is Cc1cccc2c1CN(S(=O)(=O)c1ccc(C(C)(C)C)cc1)CC(CCc1ccccc1)N2Cc1cc(N)c(F)cn1. The Kier molecular flexibility index (Phi) is 8.39. The highest BCUT2D eigenvalue weighted by Crippen LogP contribution is 2.35. The molecule has 2 N–H and O–H groups in total. The summed E-state index contributed by atoms with van der Waals surface area (Å²) in [5.41, 5.74) is 11.7. The summed E-state index contributed by atoms with van der Waals surface area (Å²) in [4.78, 5) is 6.84. The molecule has 8 heteroatoms. The van der Waals surface area contributed by atoms with Gasteiger partial charge in [-0.15, -0.1) is 0 Å². The van der Waals surface area contributed by atoms with E-state index in [9.17, 15) is 12.8 Å². The smallest absolute Gasteiger partial charge is 0.243 e. The Morgan fingerprint density at radius 3 is 2.38 bits per heavy atom. The number of pyridine rings is 1. The Morgan fingerprint density at radius 1 is 1.00 bits per heavy atom. The summed E-state index contributed by atoms with van der Waals surface area (Å²) in [5, 5.41) is 0. The lowest BCUT2D eigenvalue weighted by atomic mass is 9.87. The lowest BCUT2D eigenvalue weighted by Crippen LogP contribution is -2.43. The van der Waals surface area contributed by atoms with Gasteiger partial charge in [-0.2, -0.15) is 4.31 Å². The van der Waals surface area contributed by atoms with Crippen LogP contribution in [0, 0.1) is 12.7 Å². The van der Waals surface area contributed by atoms with E-state index in [4.69, 9.17) is 5.73 Å². The van der Waals surface area contributed by atoms with Gasteiger partial charge in [0, 0.05) is 24.8 Å². The molecule has 0 radical (unpaired) electrons. The van der Waals surface area contributed by atoms with Gasteiger partial charge in [-0.1, -0.05) is 75.4 Å². The molecule has 1 aromatic heterocycles. The third-order valence-electron chi connectivity index (χ3n) is 8.13. The van der Waals surface area contributed by atoms with E-state index in [1.54, 1.807) is 22.5 Å². The standard InChI is InChI=1S/C34H39FN4O2S/c1-24-9-8-12-33-30(24)23-38(42(40,41)29-17-14-26(15-18-29)34(2,3)4)22-28(16-13-25-10-6-5-7-11-25)39(33)21-27-19-32(36)31(35)20-37-27/h5-12,14-15,17-20,28H,13,16,21-23H2,1-4H3,(H2,36,37). The van der Waals surface area contributed by atoms with E-state index in [1.165, 1.54) is 5.56 Å². The molecule has 0 saturated carbocycles. The van der Waals surface area contributed by atoms with Crippen molar-refractivity contribution in [1.29, 1.82) is 0 Å². The number of halogens is 1. The number of nitrogens with zero attached hydrogens (tertiary/aromatic N) is 3.